The van der Waals surface area contributed by atoms with E-state index in [1.165, 1.54) is 0 Å². The summed E-state index contributed by atoms with van der Waals surface area (Å²) in [5, 5.41) is 8.64. The van der Waals surface area contributed by atoms with Gasteiger partial charge >= 0.3 is 5.97 Å². The van der Waals surface area contributed by atoms with Crippen LogP contribution in [0.5, 0.6) is 0 Å². The Hall–Kier alpha value is -0.530. The average molecular weight is 186 g/mol. The van der Waals surface area contributed by atoms with Crippen LogP contribution in [-0.2, 0) is 4.79 Å². The number of hydrogen-bond acceptors (Lipinski definition) is 1. The van der Waals surface area contributed by atoms with Crippen LogP contribution >= 0.6 is 0 Å². The number of carbonyl (C=O) groups is 1. The molecule has 13 heavy (non-hydrogen) atoms. The van der Waals surface area contributed by atoms with E-state index in [0.717, 1.165) is 32.1 Å². The predicted octanol–water partition coefficient (Wildman–Crippen LogP) is 3.46. The van der Waals surface area contributed by atoms with E-state index in [0.29, 0.717) is 6.42 Å². The van der Waals surface area contributed by atoms with Gasteiger partial charge in [-0.05, 0) is 18.3 Å². The number of carboxylic acid groups (broad SMARTS) is 1. The van der Waals surface area contributed by atoms with Crippen molar-refractivity contribution in [3.05, 3.63) is 0 Å². The molecule has 1 N–H and O–H groups in total. The molecule has 78 valence electrons. The van der Waals surface area contributed by atoms with Gasteiger partial charge in [-0.2, -0.15) is 0 Å². The van der Waals surface area contributed by atoms with Crippen LogP contribution in [0.2, 0.25) is 0 Å². The van der Waals surface area contributed by atoms with Gasteiger partial charge in [0.25, 0.3) is 0 Å². The van der Waals surface area contributed by atoms with E-state index in [4.69, 9.17) is 5.11 Å². The molecule has 0 aliphatic heterocycles. The van der Waals surface area contributed by atoms with Crippen LogP contribution < -0.4 is 0 Å². The Labute approximate surface area is 81.3 Å². The molecule has 0 unspecified atom stereocenters. The van der Waals surface area contributed by atoms with E-state index < -0.39 is 5.97 Å². The predicted molar refractivity (Wildman–Crippen MR) is 54.8 cm³/mol. The second-order valence-electron chi connectivity index (χ2n) is 3.85. The van der Waals surface area contributed by atoms with Crippen molar-refractivity contribution in [3.8, 4) is 0 Å². The molecular formula is C11H22O2. The van der Waals surface area contributed by atoms with Crippen LogP contribution in [-0.4, -0.2) is 11.1 Å². The molecule has 0 atom stereocenters. The summed E-state index contributed by atoms with van der Waals surface area (Å²) in [5.41, 5.74) is 0.285. The van der Waals surface area contributed by atoms with Gasteiger partial charge in [-0.1, -0.05) is 40.0 Å². The van der Waals surface area contributed by atoms with Crippen molar-refractivity contribution in [1.29, 1.82) is 0 Å². The number of rotatable bonds is 7. The minimum atomic E-state index is -0.664. The fraction of sp³-hybridized carbons (Fsp3) is 0.909. The van der Waals surface area contributed by atoms with Gasteiger partial charge < -0.3 is 5.11 Å². The summed E-state index contributed by atoms with van der Waals surface area (Å²) in [6.07, 6.45) is 5.68. The van der Waals surface area contributed by atoms with E-state index >= 15 is 0 Å². The Balaban J connectivity index is 4.12. The fourth-order valence-corrected chi connectivity index (χ4v) is 1.98. The Kier molecular flexibility index (Phi) is 5.76. The van der Waals surface area contributed by atoms with Crippen LogP contribution in [0, 0.1) is 5.41 Å². The Morgan fingerprint density at radius 2 is 1.69 bits per heavy atom. The molecule has 0 spiro atoms. The minimum Gasteiger partial charge on any atom is -0.481 e. The molecule has 0 heterocycles. The van der Waals surface area contributed by atoms with Crippen LogP contribution in [0.15, 0.2) is 0 Å². The van der Waals surface area contributed by atoms with Crippen molar-refractivity contribution in [1.82, 2.24) is 0 Å². The van der Waals surface area contributed by atoms with E-state index in [2.05, 4.69) is 20.8 Å². The van der Waals surface area contributed by atoms with Gasteiger partial charge in [-0.15, -0.1) is 0 Å². The maximum Gasteiger partial charge on any atom is 0.303 e. The van der Waals surface area contributed by atoms with Crippen molar-refractivity contribution in [2.75, 3.05) is 0 Å². The highest BCUT2D eigenvalue weighted by Crippen LogP contribution is 2.36. The molecule has 0 saturated carbocycles. The molecule has 0 bridgehead atoms. The third kappa shape index (κ3) is 4.30. The van der Waals surface area contributed by atoms with Crippen LogP contribution in [0.3, 0.4) is 0 Å². The van der Waals surface area contributed by atoms with E-state index in [9.17, 15) is 4.79 Å². The van der Waals surface area contributed by atoms with Gasteiger partial charge in [0.05, 0.1) is 0 Å². The third-order valence-corrected chi connectivity index (χ3v) is 3.15. The summed E-state index contributed by atoms with van der Waals surface area (Å²) < 4.78 is 0. The van der Waals surface area contributed by atoms with Crippen LogP contribution in [0.1, 0.15) is 59.3 Å². The summed E-state index contributed by atoms with van der Waals surface area (Å²) in [6, 6.07) is 0. The monoisotopic (exact) mass is 186 g/mol. The lowest BCUT2D eigenvalue weighted by molar-refractivity contribution is -0.137. The van der Waals surface area contributed by atoms with Gasteiger partial charge in [-0.3, -0.25) is 4.79 Å². The minimum absolute atomic E-state index is 0.285. The number of aliphatic carboxylic acids is 1. The molecule has 0 amide bonds. The van der Waals surface area contributed by atoms with Crippen molar-refractivity contribution in [2.24, 2.45) is 5.41 Å². The molecule has 0 radical (unpaired) electrons. The summed E-state index contributed by atoms with van der Waals surface area (Å²) in [6.45, 7) is 6.50. The van der Waals surface area contributed by atoms with Crippen molar-refractivity contribution in [3.63, 3.8) is 0 Å². The van der Waals surface area contributed by atoms with Crippen molar-refractivity contribution in [2.45, 2.75) is 59.3 Å². The number of hydrogen-bond donors (Lipinski definition) is 1. The second-order valence-corrected chi connectivity index (χ2v) is 3.85. The van der Waals surface area contributed by atoms with E-state index in [1.54, 1.807) is 0 Å². The van der Waals surface area contributed by atoms with Gasteiger partial charge in [0.1, 0.15) is 0 Å². The second kappa shape index (κ2) is 6.01. The van der Waals surface area contributed by atoms with Gasteiger partial charge in [-0.25, -0.2) is 0 Å². The lowest BCUT2D eigenvalue weighted by Crippen LogP contribution is -2.20. The Morgan fingerprint density at radius 1 is 1.15 bits per heavy atom. The third-order valence-electron chi connectivity index (χ3n) is 3.15. The Bertz CT molecular complexity index is 148. The lowest BCUT2D eigenvalue weighted by atomic mass is 9.75. The van der Waals surface area contributed by atoms with Gasteiger partial charge in [0, 0.05) is 6.42 Å². The first kappa shape index (κ1) is 12.5. The zero-order chi connectivity index (χ0) is 10.3. The normalized spacial score (nSPS) is 11.6. The maximum atomic E-state index is 10.5. The molecule has 0 aromatic carbocycles. The van der Waals surface area contributed by atoms with Crippen LogP contribution in [0.4, 0.5) is 0 Å². The topological polar surface area (TPSA) is 37.3 Å². The maximum absolute atomic E-state index is 10.5. The fourth-order valence-electron chi connectivity index (χ4n) is 1.98. The largest absolute Gasteiger partial charge is 0.481 e. The molecule has 0 saturated heterocycles. The highest BCUT2D eigenvalue weighted by atomic mass is 16.4. The average Bonchev–Trinajstić information content (AvgIpc) is 2.12. The summed E-state index contributed by atoms with van der Waals surface area (Å²) in [7, 11) is 0. The first-order valence-corrected chi connectivity index (χ1v) is 5.32. The van der Waals surface area contributed by atoms with Crippen molar-refractivity contribution >= 4 is 5.97 Å². The molecule has 0 aliphatic carbocycles. The smallest absolute Gasteiger partial charge is 0.303 e. The first-order valence-electron chi connectivity index (χ1n) is 5.32. The summed E-state index contributed by atoms with van der Waals surface area (Å²) in [4.78, 5) is 10.5. The highest BCUT2D eigenvalue weighted by molar-refractivity contribution is 5.66. The Morgan fingerprint density at radius 3 is 2.00 bits per heavy atom. The molecule has 0 aliphatic rings. The molecule has 0 aromatic heterocycles. The van der Waals surface area contributed by atoms with Gasteiger partial charge in [0.15, 0.2) is 0 Å². The van der Waals surface area contributed by atoms with Crippen LogP contribution in [0.25, 0.3) is 0 Å². The molecule has 0 rings (SSSR count). The molecule has 0 fully saturated rings. The lowest BCUT2D eigenvalue weighted by Gasteiger charge is -2.30. The first-order chi connectivity index (χ1) is 6.10. The molecule has 2 heteroatoms. The van der Waals surface area contributed by atoms with Crippen molar-refractivity contribution < 1.29 is 9.90 Å². The van der Waals surface area contributed by atoms with E-state index in [1.807, 2.05) is 0 Å². The van der Waals surface area contributed by atoms with E-state index in [-0.39, 0.29) is 5.41 Å². The van der Waals surface area contributed by atoms with Gasteiger partial charge in [0.2, 0.25) is 0 Å². The zero-order valence-corrected chi connectivity index (χ0v) is 9.10. The molecule has 0 aromatic rings. The molecule has 2 nitrogen and oxygen atoms in total. The SMILES string of the molecule is CCCC(CC)(CC)CCC(=O)O. The zero-order valence-electron chi connectivity index (χ0n) is 9.10. The number of carboxylic acids is 1. The highest BCUT2D eigenvalue weighted by Gasteiger charge is 2.25. The summed E-state index contributed by atoms with van der Waals surface area (Å²) in [5.74, 6) is -0.664. The standard InChI is InChI=1S/C11H22O2/c1-4-8-11(5-2,6-3)9-7-10(12)13/h4-9H2,1-3H3,(H,12,13). The summed E-state index contributed by atoms with van der Waals surface area (Å²) >= 11 is 0. The molecular weight excluding hydrogens is 164 g/mol. The quantitative estimate of drug-likeness (QED) is 0.661.